The van der Waals surface area contributed by atoms with Crippen molar-refractivity contribution < 1.29 is 57.4 Å². The van der Waals surface area contributed by atoms with Crippen LogP contribution in [0.2, 0.25) is 0 Å². The number of phosphoric acid groups is 1. The van der Waals surface area contributed by atoms with Gasteiger partial charge in [0.25, 0.3) is 0 Å². The van der Waals surface area contributed by atoms with Crippen molar-refractivity contribution in [2.75, 3.05) is 14.2 Å². The number of rotatable bonds is 5. The van der Waals surface area contributed by atoms with E-state index in [0.29, 0.717) is 0 Å². The van der Waals surface area contributed by atoms with Gasteiger partial charge in [-0.1, -0.05) is 0 Å². The van der Waals surface area contributed by atoms with E-state index in [4.69, 9.17) is 25.4 Å². The molecule has 0 aliphatic rings. The molecule has 0 atom stereocenters. The number of hydrogen-bond acceptors (Lipinski definition) is 12. The van der Waals surface area contributed by atoms with Gasteiger partial charge in [-0.25, -0.2) is 20.3 Å². The molecule has 0 heterocycles. The van der Waals surface area contributed by atoms with Crippen molar-refractivity contribution in [3.63, 3.8) is 0 Å². The number of hydrogen-bond donors (Lipinski definition) is 5. The van der Waals surface area contributed by atoms with Crippen LogP contribution in [0.4, 0.5) is 0 Å². The van der Waals surface area contributed by atoms with Crippen LogP contribution in [0.3, 0.4) is 0 Å². The summed E-state index contributed by atoms with van der Waals surface area (Å²) in [7, 11) is -5.79. The van der Waals surface area contributed by atoms with E-state index in [1.54, 1.807) is 0 Å². The van der Waals surface area contributed by atoms with E-state index in [2.05, 4.69) is 56.6 Å². The van der Waals surface area contributed by atoms with Crippen molar-refractivity contribution in [2.45, 2.75) is 0 Å². The molecule has 0 spiro atoms. The Hall–Kier alpha value is 1.15. The summed E-state index contributed by atoms with van der Waals surface area (Å²) in [6, 6.07) is 0. The smallest absolute Gasteiger partial charge is 0.367 e. The van der Waals surface area contributed by atoms with E-state index in [1.165, 1.54) is 14.2 Å². The normalized spacial score (nSPS) is 11.9. The van der Waals surface area contributed by atoms with Crippen LogP contribution in [-0.2, 0) is 32.0 Å². The Balaban J connectivity index is -0.000000223. The van der Waals surface area contributed by atoms with E-state index in [0.717, 1.165) is 0 Å². The summed E-state index contributed by atoms with van der Waals surface area (Å²) in [5, 5.41) is 19.1. The van der Waals surface area contributed by atoms with Crippen molar-refractivity contribution in [1.82, 2.24) is 0 Å². The molecule has 20 heavy (non-hydrogen) atoms. The zero-order valence-corrected chi connectivity index (χ0v) is 14.7. The van der Waals surface area contributed by atoms with Gasteiger partial charge in [0, 0.05) is 14.2 Å². The third kappa shape index (κ3) is 24.2. The summed E-state index contributed by atoms with van der Waals surface area (Å²) in [6.07, 6.45) is 0. The van der Waals surface area contributed by atoms with E-state index >= 15 is 0 Å². The minimum Gasteiger partial charge on any atom is -0.367 e. The minimum atomic E-state index is -4.50. The molecule has 5 N–H and O–H groups in total. The highest BCUT2D eigenvalue weighted by Gasteiger charge is 2.32. The van der Waals surface area contributed by atoms with Crippen LogP contribution in [0.15, 0.2) is 0 Å². The molecule has 126 valence electrons. The molecule has 0 saturated carbocycles. The van der Waals surface area contributed by atoms with Gasteiger partial charge in [0.2, 0.25) is 0 Å². The molecule has 0 unspecified atom stereocenters. The van der Waals surface area contributed by atoms with Gasteiger partial charge in [-0.05, 0) is 33.7 Å². The fourth-order valence-corrected chi connectivity index (χ4v) is 0.384. The first-order chi connectivity index (χ1) is 8.80. The Morgan fingerprint density at radius 1 is 0.850 bits per heavy atom. The second kappa shape index (κ2) is 12.7. The molecule has 0 aromatic rings. The van der Waals surface area contributed by atoms with Gasteiger partial charge in [-0.2, -0.15) is 0 Å². The summed E-state index contributed by atoms with van der Waals surface area (Å²) < 4.78 is 36.2. The average Bonchev–Trinajstić information content (AvgIpc) is 2.36. The van der Waals surface area contributed by atoms with Gasteiger partial charge in [0.05, 0.1) is 0 Å². The van der Waals surface area contributed by atoms with Gasteiger partial charge < -0.3 is 18.4 Å². The largest absolute Gasteiger partial charge is 0.673 e. The summed E-state index contributed by atoms with van der Waals surface area (Å²) >= 11 is 13.8. The zero-order valence-electron chi connectivity index (χ0n) is 9.62. The zero-order chi connectivity index (χ0) is 17.0. The fraction of sp³-hybridized carbons (Fsp3) is 1.00. The van der Waals surface area contributed by atoms with Crippen molar-refractivity contribution in [2.24, 2.45) is 0 Å². The van der Waals surface area contributed by atoms with Gasteiger partial charge >= 0.3 is 22.1 Å². The quantitative estimate of drug-likeness (QED) is 0.188. The Kier molecular flexibility index (Phi) is 16.5. The molecular formula is C2H11Cl3O12P2Si. The first kappa shape index (κ1) is 26.1. The van der Waals surface area contributed by atoms with E-state index in [-0.39, 0.29) is 0 Å². The lowest BCUT2D eigenvalue weighted by Gasteiger charge is -2.08. The van der Waals surface area contributed by atoms with Crippen LogP contribution in [-0.4, -0.2) is 48.6 Å². The third-order valence-corrected chi connectivity index (χ3v) is 2.50. The molecule has 0 saturated heterocycles. The summed E-state index contributed by atoms with van der Waals surface area (Å²) in [5.41, 5.74) is 0. The monoisotopic (exact) mass is 422 g/mol. The van der Waals surface area contributed by atoms with Gasteiger partial charge in [-0.3, -0.25) is 4.57 Å². The lowest BCUT2D eigenvalue weighted by Crippen LogP contribution is -2.40. The maximum Gasteiger partial charge on any atom is 0.673 e. The SMILES string of the molecule is CO[Si](O)(O)OC.O=P(Cl)(Cl)Cl.O=P(OO)(OO)OO. The molecule has 0 fully saturated rings. The van der Waals surface area contributed by atoms with E-state index in [9.17, 15) is 9.13 Å². The van der Waals surface area contributed by atoms with E-state index < -0.39 is 22.1 Å². The maximum absolute atomic E-state index is 9.90. The molecule has 0 aromatic carbocycles. The van der Waals surface area contributed by atoms with Crippen LogP contribution in [0, 0.1) is 0 Å². The first-order valence-electron chi connectivity index (χ1n) is 3.64. The molecule has 0 rings (SSSR count). The molecular weight excluding hydrogens is 412 g/mol. The molecule has 0 radical (unpaired) electrons. The van der Waals surface area contributed by atoms with Crippen LogP contribution >= 0.6 is 46.7 Å². The molecule has 12 nitrogen and oxygen atoms in total. The van der Waals surface area contributed by atoms with Crippen LogP contribution < -0.4 is 0 Å². The molecule has 18 heteroatoms. The lowest BCUT2D eigenvalue weighted by molar-refractivity contribution is -0.274. The Bertz CT molecular complexity index is 287. The van der Waals surface area contributed by atoms with Crippen LogP contribution in [0.25, 0.3) is 0 Å². The summed E-state index contributed by atoms with van der Waals surface area (Å²) in [5.74, 6) is 0. The Labute approximate surface area is 127 Å². The highest BCUT2D eigenvalue weighted by Crippen LogP contribution is 2.61. The Morgan fingerprint density at radius 2 is 1.05 bits per heavy atom. The van der Waals surface area contributed by atoms with Gasteiger partial charge in [0.1, 0.15) is 0 Å². The molecule has 0 aromatic heterocycles. The molecule has 0 bridgehead atoms. The fourth-order valence-electron chi connectivity index (χ4n) is 0.128. The van der Waals surface area contributed by atoms with Crippen molar-refractivity contribution in [3.8, 4) is 0 Å². The van der Waals surface area contributed by atoms with Crippen LogP contribution in [0.5, 0.6) is 0 Å². The van der Waals surface area contributed by atoms with Gasteiger partial charge in [0.15, 0.2) is 0 Å². The lowest BCUT2D eigenvalue weighted by atomic mass is 11.8. The number of halogens is 3. The molecule has 0 aliphatic heterocycles. The maximum atomic E-state index is 9.90. The van der Waals surface area contributed by atoms with Crippen LogP contribution in [0.1, 0.15) is 0 Å². The highest BCUT2D eigenvalue weighted by molar-refractivity contribution is 8.24. The predicted molar refractivity (Wildman–Crippen MR) is 68.1 cm³/mol. The average molecular weight is 423 g/mol. The molecule has 0 aliphatic carbocycles. The van der Waals surface area contributed by atoms with Crippen molar-refractivity contribution >= 4 is 55.8 Å². The standard InChI is InChI=1S/C2H8O4Si.Cl3OP.H3O7P/c1-5-7(3,4)6-2;1-5(2,3)4;1-5-8(4,6-2)7-3/h3-4H,1-2H3;;1-3H. The minimum absolute atomic E-state index is 1.18. The van der Waals surface area contributed by atoms with Crippen molar-refractivity contribution in [3.05, 3.63) is 0 Å². The summed E-state index contributed by atoms with van der Waals surface area (Å²) in [6.45, 7) is 0. The van der Waals surface area contributed by atoms with Gasteiger partial charge in [-0.15, -0.1) is 14.0 Å². The molecule has 0 amide bonds. The predicted octanol–water partition coefficient (Wildman–Crippen LogP) is 2.07. The van der Waals surface area contributed by atoms with Crippen molar-refractivity contribution in [1.29, 1.82) is 0 Å². The summed E-state index contributed by atoms with van der Waals surface area (Å²) in [4.78, 5) is 16.8. The first-order valence-corrected chi connectivity index (χ1v) is 11.2. The topological polar surface area (TPSA) is 181 Å². The third-order valence-electron chi connectivity index (χ3n) is 0.832. The van der Waals surface area contributed by atoms with E-state index in [1.807, 2.05) is 0 Å². The highest BCUT2D eigenvalue weighted by atomic mass is 36.0. The second-order valence-electron chi connectivity index (χ2n) is 2.05. The Morgan fingerprint density at radius 3 is 1.05 bits per heavy atom. The second-order valence-corrected chi connectivity index (χ2v) is 12.0.